The number of hydrogen-bond acceptors (Lipinski definition) is 6. The van der Waals surface area contributed by atoms with E-state index in [9.17, 15) is 18.3 Å². The van der Waals surface area contributed by atoms with E-state index in [4.69, 9.17) is 9.15 Å². The number of anilines is 1. The SMILES string of the molecule is CNC(=O)c1c(-c2ccc(C)cc2)oc2cc3c(cc12)[C@H](C)O[C@H](CCO)CN3S(C)(=O)=O. The Bertz CT molecular complexity index is 1300. The van der Waals surface area contributed by atoms with Gasteiger partial charge in [0, 0.05) is 36.2 Å². The zero-order valence-corrected chi connectivity index (χ0v) is 19.9. The van der Waals surface area contributed by atoms with Gasteiger partial charge in [-0.05, 0) is 26.3 Å². The molecular formula is C24H28N2O6S. The van der Waals surface area contributed by atoms with Gasteiger partial charge in [-0.1, -0.05) is 29.8 Å². The molecule has 0 bridgehead atoms. The molecule has 1 aliphatic heterocycles. The third kappa shape index (κ3) is 4.36. The van der Waals surface area contributed by atoms with Gasteiger partial charge < -0.3 is 19.6 Å². The number of nitrogens with zero attached hydrogens (tertiary/aromatic N) is 1. The van der Waals surface area contributed by atoms with E-state index < -0.39 is 22.2 Å². The largest absolute Gasteiger partial charge is 0.455 e. The Morgan fingerprint density at radius 2 is 1.94 bits per heavy atom. The normalized spacial score (nSPS) is 18.8. The summed E-state index contributed by atoms with van der Waals surface area (Å²) in [5, 5.41) is 12.7. The predicted molar refractivity (Wildman–Crippen MR) is 127 cm³/mol. The molecule has 176 valence electrons. The lowest BCUT2D eigenvalue weighted by Crippen LogP contribution is -2.37. The van der Waals surface area contributed by atoms with Gasteiger partial charge in [0.25, 0.3) is 5.91 Å². The number of fused-ring (bicyclic) bond motifs is 2. The molecule has 0 fully saturated rings. The number of aliphatic hydroxyl groups is 1. The van der Waals surface area contributed by atoms with Crippen LogP contribution in [0.2, 0.25) is 0 Å². The second-order valence-electron chi connectivity index (χ2n) is 8.37. The van der Waals surface area contributed by atoms with Crippen LogP contribution in [0.4, 0.5) is 5.69 Å². The van der Waals surface area contributed by atoms with E-state index >= 15 is 0 Å². The van der Waals surface area contributed by atoms with Gasteiger partial charge in [-0.3, -0.25) is 9.10 Å². The minimum atomic E-state index is -3.64. The summed E-state index contributed by atoms with van der Waals surface area (Å²) >= 11 is 0. The molecule has 2 N–H and O–H groups in total. The molecule has 0 saturated heterocycles. The first kappa shape index (κ1) is 23.3. The predicted octanol–water partition coefficient (Wildman–Crippen LogP) is 3.38. The van der Waals surface area contributed by atoms with Crippen LogP contribution in [0.5, 0.6) is 0 Å². The smallest absolute Gasteiger partial charge is 0.255 e. The quantitative estimate of drug-likeness (QED) is 0.589. The van der Waals surface area contributed by atoms with Crippen molar-refractivity contribution in [3.63, 3.8) is 0 Å². The molecule has 9 heteroatoms. The van der Waals surface area contributed by atoms with Crippen molar-refractivity contribution in [2.24, 2.45) is 0 Å². The van der Waals surface area contributed by atoms with Crippen LogP contribution in [0.1, 0.15) is 40.9 Å². The monoisotopic (exact) mass is 472 g/mol. The Labute approximate surface area is 193 Å². The van der Waals surface area contributed by atoms with Gasteiger partial charge in [-0.2, -0.15) is 0 Å². The highest BCUT2D eigenvalue weighted by molar-refractivity contribution is 7.92. The molecule has 1 aromatic heterocycles. The first-order valence-corrected chi connectivity index (χ1v) is 12.6. The first-order valence-electron chi connectivity index (χ1n) is 10.8. The second kappa shape index (κ2) is 8.81. The van der Waals surface area contributed by atoms with Gasteiger partial charge in [-0.15, -0.1) is 0 Å². The number of benzene rings is 2. The van der Waals surface area contributed by atoms with Gasteiger partial charge in [0.1, 0.15) is 11.3 Å². The number of carbonyl (C=O) groups is 1. The van der Waals surface area contributed by atoms with Gasteiger partial charge in [-0.25, -0.2) is 8.42 Å². The van der Waals surface area contributed by atoms with Crippen LogP contribution in [-0.2, 0) is 14.8 Å². The summed E-state index contributed by atoms with van der Waals surface area (Å²) in [6.07, 6.45) is 0.521. The minimum absolute atomic E-state index is 0.0794. The van der Waals surface area contributed by atoms with Crippen molar-refractivity contribution < 1.29 is 27.5 Å². The van der Waals surface area contributed by atoms with Crippen molar-refractivity contribution in [3.8, 4) is 11.3 Å². The fourth-order valence-electron chi connectivity index (χ4n) is 4.25. The third-order valence-corrected chi connectivity index (χ3v) is 7.08. The van der Waals surface area contributed by atoms with E-state index in [1.807, 2.05) is 38.1 Å². The van der Waals surface area contributed by atoms with Crippen LogP contribution in [0.15, 0.2) is 40.8 Å². The fraction of sp³-hybridized carbons (Fsp3) is 0.375. The number of hydrogen-bond donors (Lipinski definition) is 2. The zero-order chi connectivity index (χ0) is 23.9. The molecule has 4 rings (SSSR count). The molecule has 2 aromatic carbocycles. The molecule has 2 atom stereocenters. The summed E-state index contributed by atoms with van der Waals surface area (Å²) < 4.78 is 38.9. The highest BCUT2D eigenvalue weighted by atomic mass is 32.2. The lowest BCUT2D eigenvalue weighted by molar-refractivity contribution is -0.00546. The average molecular weight is 473 g/mol. The van der Waals surface area contributed by atoms with Crippen LogP contribution in [0.3, 0.4) is 0 Å². The number of rotatable bonds is 5. The number of furan rings is 1. The summed E-state index contributed by atoms with van der Waals surface area (Å²) in [5.74, 6) is 0.117. The van der Waals surface area contributed by atoms with Crippen LogP contribution in [-0.4, -0.2) is 52.0 Å². The molecule has 0 unspecified atom stereocenters. The van der Waals surface area contributed by atoms with Gasteiger partial charge in [0.2, 0.25) is 10.0 Å². The molecule has 33 heavy (non-hydrogen) atoms. The third-order valence-electron chi connectivity index (χ3n) is 5.93. The van der Waals surface area contributed by atoms with Crippen LogP contribution >= 0.6 is 0 Å². The standard InChI is InChI=1S/C24H28N2O6S/c1-14-5-7-16(8-6-14)23-22(24(28)25-3)19-11-18-15(2)31-17(9-10-27)13-26(33(4,29)30)20(18)12-21(19)32-23/h5-8,11-12,15,17,27H,9-10,13H2,1-4H3,(H,25,28)/t15-,17+/m0/s1. The molecular weight excluding hydrogens is 444 g/mol. The molecule has 3 aromatic rings. The summed E-state index contributed by atoms with van der Waals surface area (Å²) in [6, 6.07) is 11.1. The fourth-order valence-corrected chi connectivity index (χ4v) is 5.21. The Kier molecular flexibility index (Phi) is 6.22. The molecule has 1 amide bonds. The van der Waals surface area contributed by atoms with Crippen LogP contribution in [0.25, 0.3) is 22.3 Å². The maximum atomic E-state index is 12.9. The Morgan fingerprint density at radius 1 is 1.24 bits per heavy atom. The van der Waals surface area contributed by atoms with Crippen molar-refractivity contribution in [1.82, 2.24) is 5.32 Å². The van der Waals surface area contributed by atoms with Crippen molar-refractivity contribution in [2.45, 2.75) is 32.5 Å². The maximum Gasteiger partial charge on any atom is 0.255 e. The van der Waals surface area contributed by atoms with Crippen molar-refractivity contribution >= 4 is 32.6 Å². The van der Waals surface area contributed by atoms with E-state index in [0.29, 0.717) is 40.0 Å². The number of carbonyl (C=O) groups excluding carboxylic acids is 1. The molecule has 0 saturated carbocycles. The molecule has 0 aliphatic carbocycles. The van der Waals surface area contributed by atoms with Gasteiger partial charge in [0.05, 0.1) is 36.3 Å². The first-order chi connectivity index (χ1) is 15.6. The minimum Gasteiger partial charge on any atom is -0.455 e. The number of aliphatic hydroxyl groups excluding tert-OH is 1. The Hall–Kier alpha value is -2.88. The average Bonchev–Trinajstić information content (AvgIpc) is 3.07. The van der Waals surface area contributed by atoms with E-state index in [2.05, 4.69) is 5.32 Å². The number of amides is 1. The lowest BCUT2D eigenvalue weighted by Gasteiger charge is -2.24. The number of sulfonamides is 1. The van der Waals surface area contributed by atoms with Gasteiger partial charge in [0.15, 0.2) is 0 Å². The van der Waals surface area contributed by atoms with Crippen molar-refractivity contribution in [2.75, 3.05) is 30.8 Å². The maximum absolute atomic E-state index is 12.9. The van der Waals surface area contributed by atoms with E-state index in [1.54, 1.807) is 19.2 Å². The Balaban J connectivity index is 1.98. The summed E-state index contributed by atoms with van der Waals surface area (Å²) in [4.78, 5) is 12.9. The number of ether oxygens (including phenoxy) is 1. The van der Waals surface area contributed by atoms with Crippen molar-refractivity contribution in [3.05, 3.63) is 53.1 Å². The van der Waals surface area contributed by atoms with Crippen LogP contribution in [0, 0.1) is 6.92 Å². The van der Waals surface area contributed by atoms with E-state index in [0.717, 1.165) is 17.4 Å². The molecule has 1 aliphatic rings. The molecule has 0 spiro atoms. The summed E-state index contributed by atoms with van der Waals surface area (Å²) in [6.45, 7) is 3.77. The van der Waals surface area contributed by atoms with Gasteiger partial charge >= 0.3 is 0 Å². The summed E-state index contributed by atoms with van der Waals surface area (Å²) in [5.41, 5.74) is 3.70. The topological polar surface area (TPSA) is 109 Å². The molecule has 8 nitrogen and oxygen atoms in total. The number of aryl methyl sites for hydroxylation is 1. The molecule has 0 radical (unpaired) electrons. The molecule has 2 heterocycles. The highest BCUT2D eigenvalue weighted by Gasteiger charge is 2.33. The zero-order valence-electron chi connectivity index (χ0n) is 19.1. The number of nitrogens with one attached hydrogen (secondary N) is 1. The Morgan fingerprint density at radius 3 is 2.55 bits per heavy atom. The van der Waals surface area contributed by atoms with E-state index in [1.165, 1.54) is 4.31 Å². The van der Waals surface area contributed by atoms with Crippen molar-refractivity contribution in [1.29, 1.82) is 0 Å². The lowest BCUT2D eigenvalue weighted by atomic mass is 10.00. The van der Waals surface area contributed by atoms with Crippen LogP contribution < -0.4 is 9.62 Å². The summed E-state index contributed by atoms with van der Waals surface area (Å²) in [7, 11) is -2.08. The highest BCUT2D eigenvalue weighted by Crippen LogP contribution is 2.42. The van der Waals surface area contributed by atoms with E-state index in [-0.39, 0.29) is 19.1 Å². The second-order valence-corrected chi connectivity index (χ2v) is 10.3.